The van der Waals surface area contributed by atoms with Gasteiger partial charge in [-0.25, -0.2) is 9.79 Å². The van der Waals surface area contributed by atoms with Crippen LogP contribution in [0.25, 0.3) is 17.2 Å². The Morgan fingerprint density at radius 3 is 2.46 bits per heavy atom. The first-order valence-corrected chi connectivity index (χ1v) is 14.1. The van der Waals surface area contributed by atoms with Crippen molar-refractivity contribution in [3.63, 3.8) is 0 Å². The van der Waals surface area contributed by atoms with E-state index in [9.17, 15) is 9.59 Å². The molecule has 1 N–H and O–H groups in total. The summed E-state index contributed by atoms with van der Waals surface area (Å²) < 4.78 is 5.48. The molecule has 6 nitrogen and oxygen atoms in total. The minimum Gasteiger partial charge on any atom is -0.444 e. The van der Waals surface area contributed by atoms with Crippen molar-refractivity contribution >= 4 is 41.4 Å². The predicted octanol–water partition coefficient (Wildman–Crippen LogP) is 6.99. The molecule has 2 aliphatic rings. The van der Waals surface area contributed by atoms with E-state index in [1.54, 1.807) is 0 Å². The van der Waals surface area contributed by atoms with Crippen LogP contribution in [-0.2, 0) is 16.0 Å². The van der Waals surface area contributed by atoms with E-state index >= 15 is 0 Å². The Balaban J connectivity index is 1.72. The van der Waals surface area contributed by atoms with Crippen molar-refractivity contribution in [1.29, 1.82) is 0 Å². The maximum absolute atomic E-state index is 13.6. The van der Waals surface area contributed by atoms with Gasteiger partial charge in [0.15, 0.2) is 0 Å². The SMILES string of the molecule is CCCN(CCC)C(=O)C1=Cc2ccc(-c3ccc4c(c3)SCC4)cc2N=C(NC(=O)OC(C)(C)C)C1. The summed E-state index contributed by atoms with van der Waals surface area (Å²) in [4.78, 5) is 34.2. The number of hydrogen-bond acceptors (Lipinski definition) is 5. The van der Waals surface area contributed by atoms with Crippen LogP contribution in [0, 0.1) is 0 Å². The quantitative estimate of drug-likeness (QED) is 0.446. The second kappa shape index (κ2) is 11.5. The Labute approximate surface area is 224 Å². The van der Waals surface area contributed by atoms with Gasteiger partial charge in [0.25, 0.3) is 0 Å². The average Bonchev–Trinajstić information content (AvgIpc) is 3.23. The highest BCUT2D eigenvalue weighted by molar-refractivity contribution is 7.99. The molecule has 0 saturated heterocycles. The number of nitrogens with one attached hydrogen (secondary N) is 1. The molecule has 2 amide bonds. The minimum absolute atomic E-state index is 0.0186. The van der Waals surface area contributed by atoms with Gasteiger partial charge in [0.1, 0.15) is 11.4 Å². The van der Waals surface area contributed by atoms with Crippen molar-refractivity contribution in [2.45, 2.75) is 70.8 Å². The lowest BCUT2D eigenvalue weighted by molar-refractivity contribution is -0.127. The molecule has 0 bridgehead atoms. The number of ether oxygens (including phenoxy) is 1. The van der Waals surface area contributed by atoms with Crippen molar-refractivity contribution < 1.29 is 14.3 Å². The fraction of sp³-hybridized carbons (Fsp3) is 0.433. The number of carbonyl (C=O) groups excluding carboxylic acids is 2. The molecule has 4 rings (SSSR count). The summed E-state index contributed by atoms with van der Waals surface area (Å²) in [6.45, 7) is 11.0. The molecule has 2 aromatic rings. The van der Waals surface area contributed by atoms with Crippen LogP contribution in [0.3, 0.4) is 0 Å². The van der Waals surface area contributed by atoms with Gasteiger partial charge >= 0.3 is 6.09 Å². The lowest BCUT2D eigenvalue weighted by atomic mass is 9.99. The fourth-order valence-electron chi connectivity index (χ4n) is 4.58. The number of carbonyl (C=O) groups is 2. The smallest absolute Gasteiger partial charge is 0.413 e. The van der Waals surface area contributed by atoms with E-state index in [1.165, 1.54) is 10.5 Å². The van der Waals surface area contributed by atoms with E-state index in [0.717, 1.165) is 47.4 Å². The van der Waals surface area contributed by atoms with Crippen LogP contribution >= 0.6 is 11.8 Å². The first kappa shape index (κ1) is 27.0. The summed E-state index contributed by atoms with van der Waals surface area (Å²) in [7, 11) is 0. The second-order valence-corrected chi connectivity index (χ2v) is 11.7. The Morgan fingerprint density at radius 2 is 1.76 bits per heavy atom. The van der Waals surface area contributed by atoms with Gasteiger partial charge in [0.2, 0.25) is 5.91 Å². The van der Waals surface area contributed by atoms with E-state index in [-0.39, 0.29) is 12.3 Å². The molecule has 0 unspecified atom stereocenters. The maximum Gasteiger partial charge on any atom is 0.413 e. The highest BCUT2D eigenvalue weighted by Crippen LogP contribution is 2.37. The van der Waals surface area contributed by atoms with Crippen LogP contribution in [0.5, 0.6) is 0 Å². The molecule has 0 aliphatic carbocycles. The van der Waals surface area contributed by atoms with E-state index in [4.69, 9.17) is 9.73 Å². The van der Waals surface area contributed by atoms with Crippen molar-refractivity contribution in [1.82, 2.24) is 10.2 Å². The monoisotopic (exact) mass is 519 g/mol. The van der Waals surface area contributed by atoms with E-state index < -0.39 is 11.7 Å². The molecule has 2 aliphatic heterocycles. The number of amidine groups is 1. The van der Waals surface area contributed by atoms with Crippen molar-refractivity contribution in [3.05, 3.63) is 53.1 Å². The number of benzene rings is 2. The molecular formula is C30H37N3O3S. The number of fused-ring (bicyclic) bond motifs is 2. The third-order valence-corrected chi connectivity index (χ3v) is 7.30. The van der Waals surface area contributed by atoms with Crippen LogP contribution in [0.2, 0.25) is 0 Å². The number of rotatable bonds is 6. The first-order valence-electron chi connectivity index (χ1n) is 13.1. The molecule has 0 fully saturated rings. The number of hydrogen-bond donors (Lipinski definition) is 1. The first-order chi connectivity index (χ1) is 17.7. The van der Waals surface area contributed by atoms with Crippen molar-refractivity contribution in [2.75, 3.05) is 18.8 Å². The van der Waals surface area contributed by atoms with Crippen LogP contribution in [0.4, 0.5) is 10.5 Å². The van der Waals surface area contributed by atoms with Crippen molar-refractivity contribution in [2.24, 2.45) is 4.99 Å². The van der Waals surface area contributed by atoms with Gasteiger partial charge in [0, 0.05) is 41.3 Å². The molecule has 0 saturated carbocycles. The number of aliphatic imine (C=N–C) groups is 1. The average molecular weight is 520 g/mol. The van der Waals surface area contributed by atoms with Gasteiger partial charge < -0.3 is 9.64 Å². The lowest BCUT2D eigenvalue weighted by Crippen LogP contribution is -2.38. The number of alkyl carbamates (subject to hydrolysis) is 1. The Morgan fingerprint density at radius 1 is 1.05 bits per heavy atom. The molecule has 0 aromatic heterocycles. The molecule has 0 radical (unpaired) electrons. The third kappa shape index (κ3) is 6.83. The van der Waals surface area contributed by atoms with Crippen LogP contribution in [0.1, 0.15) is 65.0 Å². The Kier molecular flexibility index (Phi) is 8.42. The molecule has 2 heterocycles. The highest BCUT2D eigenvalue weighted by atomic mass is 32.2. The van der Waals surface area contributed by atoms with E-state index in [1.807, 2.05) is 55.6 Å². The molecule has 0 spiro atoms. The zero-order valence-corrected chi connectivity index (χ0v) is 23.3. The van der Waals surface area contributed by atoms with Gasteiger partial charge in [-0.1, -0.05) is 38.1 Å². The minimum atomic E-state index is -0.639. The summed E-state index contributed by atoms with van der Waals surface area (Å²) in [5, 5.41) is 2.81. The largest absolute Gasteiger partial charge is 0.444 e. The molecular weight excluding hydrogens is 482 g/mol. The second-order valence-electron chi connectivity index (χ2n) is 10.5. The molecule has 37 heavy (non-hydrogen) atoms. The topological polar surface area (TPSA) is 71.0 Å². The molecule has 0 atom stereocenters. The van der Waals surface area contributed by atoms with Crippen LogP contribution in [-0.4, -0.2) is 47.2 Å². The summed E-state index contributed by atoms with van der Waals surface area (Å²) in [6, 6.07) is 12.7. The molecule has 7 heteroatoms. The van der Waals surface area contributed by atoms with Gasteiger partial charge in [-0.15, -0.1) is 11.8 Å². The predicted molar refractivity (Wildman–Crippen MR) is 153 cm³/mol. The Bertz CT molecular complexity index is 1240. The van der Waals surface area contributed by atoms with Crippen LogP contribution < -0.4 is 5.32 Å². The van der Waals surface area contributed by atoms with Gasteiger partial charge in [-0.2, -0.15) is 0 Å². The number of amides is 2. The summed E-state index contributed by atoms with van der Waals surface area (Å²) >= 11 is 1.89. The Hall–Kier alpha value is -3.06. The number of thioether (sulfide) groups is 1. The lowest BCUT2D eigenvalue weighted by Gasteiger charge is -2.23. The van der Waals surface area contributed by atoms with Crippen molar-refractivity contribution in [3.8, 4) is 11.1 Å². The van der Waals surface area contributed by atoms with E-state index in [2.05, 4.69) is 43.4 Å². The molecule has 196 valence electrons. The highest BCUT2D eigenvalue weighted by Gasteiger charge is 2.24. The number of aryl methyl sites for hydroxylation is 1. The summed E-state index contributed by atoms with van der Waals surface area (Å²) in [5.41, 5.74) is 5.14. The standard InChI is InChI=1S/C30H37N3O3S/c1-6-13-33(14-7-2)28(34)24-16-23-11-10-21(22-9-8-20-12-15-37-26(20)18-22)17-25(23)31-27(19-24)32-29(35)36-30(3,4)5/h8-11,16-18H,6-7,12-15,19H2,1-5H3,(H,31,32,35). The zero-order valence-electron chi connectivity index (χ0n) is 22.5. The van der Waals surface area contributed by atoms with E-state index in [0.29, 0.717) is 24.5 Å². The maximum atomic E-state index is 13.6. The third-order valence-electron chi connectivity index (χ3n) is 6.20. The zero-order chi connectivity index (χ0) is 26.6. The summed E-state index contributed by atoms with van der Waals surface area (Å²) in [5.74, 6) is 1.51. The normalized spacial score (nSPS) is 14.6. The fourth-order valence-corrected chi connectivity index (χ4v) is 5.69. The van der Waals surface area contributed by atoms with Gasteiger partial charge in [0.05, 0.1) is 5.69 Å². The van der Waals surface area contributed by atoms with Gasteiger partial charge in [-0.3, -0.25) is 10.1 Å². The van der Waals surface area contributed by atoms with Crippen LogP contribution in [0.15, 0.2) is 51.9 Å². The number of nitrogens with zero attached hydrogens (tertiary/aromatic N) is 2. The molecule has 2 aromatic carbocycles. The van der Waals surface area contributed by atoms with Gasteiger partial charge in [-0.05, 0) is 74.9 Å². The summed E-state index contributed by atoms with van der Waals surface area (Å²) in [6.07, 6.45) is 4.45.